The summed E-state index contributed by atoms with van der Waals surface area (Å²) >= 11 is 0. The number of anilines is 1. The lowest BCUT2D eigenvalue weighted by atomic mass is 10.0. The Morgan fingerprint density at radius 1 is 1.10 bits per heavy atom. The zero-order valence-electron chi connectivity index (χ0n) is 12.7. The van der Waals surface area contributed by atoms with Crippen LogP contribution in [0.4, 0.5) is 5.69 Å². The third-order valence-corrected chi connectivity index (χ3v) is 3.47. The van der Waals surface area contributed by atoms with Gasteiger partial charge in [0.1, 0.15) is 0 Å². The van der Waals surface area contributed by atoms with E-state index in [-0.39, 0.29) is 5.91 Å². The Kier molecular flexibility index (Phi) is 4.70. The van der Waals surface area contributed by atoms with E-state index >= 15 is 0 Å². The molecule has 1 aromatic rings. The molecule has 1 aliphatic heterocycles. The van der Waals surface area contributed by atoms with Gasteiger partial charge in [0.25, 0.3) is 5.91 Å². The highest BCUT2D eigenvalue weighted by atomic mass is 16.5. The van der Waals surface area contributed by atoms with E-state index in [1.807, 2.05) is 6.92 Å². The molecule has 0 unspecified atom stereocenters. The van der Waals surface area contributed by atoms with Crippen LogP contribution in [-0.2, 0) is 4.79 Å². The molecule has 2 rings (SSSR count). The lowest BCUT2D eigenvalue weighted by molar-refractivity contribution is -0.112. The summed E-state index contributed by atoms with van der Waals surface area (Å²) in [6.45, 7) is 3.37. The normalized spacial score (nSPS) is 13.2. The number of rotatable bonds is 5. The molecule has 0 bridgehead atoms. The number of ether oxygens (including phenoxy) is 3. The number of hydrogen-bond donors (Lipinski definition) is 2. The van der Waals surface area contributed by atoms with E-state index in [0.717, 1.165) is 24.2 Å². The molecule has 1 aliphatic rings. The molecule has 1 heterocycles. The van der Waals surface area contributed by atoms with Crippen LogP contribution < -0.4 is 24.8 Å². The van der Waals surface area contributed by atoms with Crippen molar-refractivity contribution >= 4 is 11.6 Å². The summed E-state index contributed by atoms with van der Waals surface area (Å²) < 4.78 is 15.8. The lowest BCUT2D eigenvalue weighted by Gasteiger charge is -2.21. The molecular formula is C15H20N2O4. The first-order valence-corrected chi connectivity index (χ1v) is 6.61. The molecule has 0 radical (unpaired) electrons. The third-order valence-electron chi connectivity index (χ3n) is 3.47. The maximum absolute atomic E-state index is 12.2. The number of amides is 1. The molecule has 0 aliphatic carbocycles. The minimum atomic E-state index is -0.124. The number of carbonyl (C=O) groups excluding carboxylic acids is 1. The first-order chi connectivity index (χ1) is 10.1. The number of methoxy groups -OCH3 is 3. The first kappa shape index (κ1) is 15.2. The highest BCUT2D eigenvalue weighted by Gasteiger charge is 2.18. The van der Waals surface area contributed by atoms with Gasteiger partial charge >= 0.3 is 0 Å². The Morgan fingerprint density at radius 3 is 2.05 bits per heavy atom. The Bertz CT molecular complexity index is 550. The quantitative estimate of drug-likeness (QED) is 0.806. The zero-order chi connectivity index (χ0) is 15.4. The fourth-order valence-electron chi connectivity index (χ4n) is 2.05. The second-order valence-electron chi connectivity index (χ2n) is 4.70. The van der Waals surface area contributed by atoms with Crippen LogP contribution in [0.3, 0.4) is 0 Å². The smallest absolute Gasteiger partial charge is 0.251 e. The maximum Gasteiger partial charge on any atom is 0.251 e. The molecule has 0 spiro atoms. The molecule has 1 fully saturated rings. The van der Waals surface area contributed by atoms with E-state index in [9.17, 15) is 4.79 Å². The van der Waals surface area contributed by atoms with Gasteiger partial charge in [-0.15, -0.1) is 0 Å². The lowest BCUT2D eigenvalue weighted by Crippen LogP contribution is -2.36. The van der Waals surface area contributed by atoms with E-state index < -0.39 is 0 Å². The average Bonchev–Trinajstić information content (AvgIpc) is 2.44. The van der Waals surface area contributed by atoms with Gasteiger partial charge in [0.2, 0.25) is 5.75 Å². The highest BCUT2D eigenvalue weighted by Crippen LogP contribution is 2.40. The summed E-state index contributed by atoms with van der Waals surface area (Å²) in [7, 11) is 4.61. The van der Waals surface area contributed by atoms with Crippen LogP contribution in [-0.4, -0.2) is 40.3 Å². The van der Waals surface area contributed by atoms with Gasteiger partial charge in [-0.1, -0.05) is 0 Å². The third kappa shape index (κ3) is 3.11. The Morgan fingerprint density at radius 2 is 1.67 bits per heavy atom. The predicted octanol–water partition coefficient (Wildman–Crippen LogP) is 1.57. The second-order valence-corrected chi connectivity index (χ2v) is 4.70. The van der Waals surface area contributed by atoms with E-state index in [4.69, 9.17) is 14.2 Å². The van der Waals surface area contributed by atoms with Crippen molar-refractivity contribution < 1.29 is 19.0 Å². The summed E-state index contributed by atoms with van der Waals surface area (Å²) in [5.74, 6) is 1.38. The van der Waals surface area contributed by atoms with Gasteiger partial charge in [-0.05, 0) is 12.5 Å². The molecule has 6 heteroatoms. The van der Waals surface area contributed by atoms with Crippen molar-refractivity contribution in [3.63, 3.8) is 0 Å². The molecule has 114 valence electrons. The minimum absolute atomic E-state index is 0.124. The Hall–Kier alpha value is -2.21. The number of hydrogen-bond acceptors (Lipinski definition) is 5. The molecule has 1 amide bonds. The molecule has 6 nitrogen and oxygen atoms in total. The van der Waals surface area contributed by atoms with Crippen molar-refractivity contribution in [1.82, 2.24) is 5.32 Å². The fraction of sp³-hybridized carbons (Fsp3) is 0.400. The molecule has 2 N–H and O–H groups in total. The highest BCUT2D eigenvalue weighted by molar-refractivity contribution is 6.04. The van der Waals surface area contributed by atoms with E-state index in [1.165, 1.54) is 21.3 Å². The molecule has 1 saturated heterocycles. The number of carbonyl (C=O) groups is 1. The topological polar surface area (TPSA) is 68.8 Å². The molecule has 0 saturated carbocycles. The van der Waals surface area contributed by atoms with Gasteiger partial charge in [0.15, 0.2) is 11.5 Å². The van der Waals surface area contributed by atoms with Crippen LogP contribution in [0, 0.1) is 0 Å². The largest absolute Gasteiger partial charge is 0.493 e. The zero-order valence-corrected chi connectivity index (χ0v) is 12.7. The summed E-state index contributed by atoms with van der Waals surface area (Å²) in [4.78, 5) is 12.2. The van der Waals surface area contributed by atoms with Gasteiger partial charge in [0.05, 0.1) is 21.3 Å². The van der Waals surface area contributed by atoms with Gasteiger partial charge in [0, 0.05) is 36.5 Å². The standard InChI is InChI=1S/C15H20N2O4/c1-9(10-7-16-8-10)15(18)17-11-5-12(19-2)14(21-4)13(6-11)20-3/h5-6,16H,7-8H2,1-4H3,(H,17,18). The maximum atomic E-state index is 12.2. The summed E-state index contributed by atoms with van der Waals surface area (Å²) in [6, 6.07) is 3.41. The molecule has 1 aromatic carbocycles. The fourth-order valence-corrected chi connectivity index (χ4v) is 2.05. The molecular weight excluding hydrogens is 272 g/mol. The van der Waals surface area contributed by atoms with Crippen molar-refractivity contribution in [3.8, 4) is 17.2 Å². The average molecular weight is 292 g/mol. The van der Waals surface area contributed by atoms with Crippen molar-refractivity contribution in [1.29, 1.82) is 0 Å². The molecule has 21 heavy (non-hydrogen) atoms. The second kappa shape index (κ2) is 6.49. The van der Waals surface area contributed by atoms with Gasteiger partial charge < -0.3 is 24.8 Å². The van der Waals surface area contributed by atoms with Crippen LogP contribution >= 0.6 is 0 Å². The van der Waals surface area contributed by atoms with Crippen molar-refractivity contribution in [2.24, 2.45) is 0 Å². The van der Waals surface area contributed by atoms with Crippen LogP contribution in [0.5, 0.6) is 17.2 Å². The first-order valence-electron chi connectivity index (χ1n) is 6.61. The predicted molar refractivity (Wildman–Crippen MR) is 80.3 cm³/mol. The minimum Gasteiger partial charge on any atom is -0.493 e. The summed E-state index contributed by atoms with van der Waals surface area (Å²) in [5, 5.41) is 5.97. The van der Waals surface area contributed by atoms with Crippen LogP contribution in [0.1, 0.15) is 6.92 Å². The number of benzene rings is 1. The van der Waals surface area contributed by atoms with Gasteiger partial charge in [-0.25, -0.2) is 0 Å². The van der Waals surface area contributed by atoms with Crippen molar-refractivity contribution in [3.05, 3.63) is 23.3 Å². The van der Waals surface area contributed by atoms with Crippen molar-refractivity contribution in [2.45, 2.75) is 6.92 Å². The molecule has 0 atom stereocenters. The summed E-state index contributed by atoms with van der Waals surface area (Å²) in [5.41, 5.74) is 2.46. The van der Waals surface area contributed by atoms with Crippen molar-refractivity contribution in [2.75, 3.05) is 39.7 Å². The number of nitrogens with one attached hydrogen (secondary N) is 2. The van der Waals surface area contributed by atoms with E-state index in [0.29, 0.717) is 22.9 Å². The van der Waals surface area contributed by atoms with Gasteiger partial charge in [-0.3, -0.25) is 4.79 Å². The molecule has 0 aromatic heterocycles. The van der Waals surface area contributed by atoms with Crippen LogP contribution in [0.2, 0.25) is 0 Å². The SMILES string of the molecule is COc1cc(NC(=O)C(C)=C2CNC2)cc(OC)c1OC. The van der Waals surface area contributed by atoms with Crippen LogP contribution in [0.25, 0.3) is 0 Å². The van der Waals surface area contributed by atoms with Crippen LogP contribution in [0.15, 0.2) is 23.3 Å². The van der Waals surface area contributed by atoms with E-state index in [1.54, 1.807) is 12.1 Å². The monoisotopic (exact) mass is 292 g/mol. The Labute approximate surface area is 124 Å². The summed E-state index contributed by atoms with van der Waals surface area (Å²) in [6.07, 6.45) is 0. The van der Waals surface area contributed by atoms with E-state index in [2.05, 4.69) is 10.6 Å². The Balaban J connectivity index is 2.26. The van der Waals surface area contributed by atoms with Gasteiger partial charge in [-0.2, -0.15) is 0 Å².